The van der Waals surface area contributed by atoms with E-state index < -0.39 is 12.0 Å². The predicted octanol–water partition coefficient (Wildman–Crippen LogP) is 0.832. The van der Waals surface area contributed by atoms with Crippen molar-refractivity contribution in [2.75, 3.05) is 13.1 Å². The highest BCUT2D eigenvalue weighted by Crippen LogP contribution is 2.20. The van der Waals surface area contributed by atoms with Crippen LogP contribution < -0.4 is 5.32 Å². The molecule has 1 saturated heterocycles. The highest BCUT2D eigenvalue weighted by atomic mass is 32.1. The lowest BCUT2D eigenvalue weighted by Gasteiger charge is -2.33. The van der Waals surface area contributed by atoms with Crippen molar-refractivity contribution in [2.24, 2.45) is 0 Å². The van der Waals surface area contributed by atoms with Crippen LogP contribution in [0.2, 0.25) is 0 Å². The van der Waals surface area contributed by atoms with Crippen molar-refractivity contribution in [1.82, 2.24) is 10.2 Å². The summed E-state index contributed by atoms with van der Waals surface area (Å²) < 4.78 is 0. The Morgan fingerprint density at radius 1 is 1.61 bits per heavy atom. The molecule has 1 amide bonds. The maximum absolute atomic E-state index is 11.7. The number of carboxylic acids is 1. The number of aryl methyl sites for hydroxylation is 1. The van der Waals surface area contributed by atoms with Gasteiger partial charge < -0.3 is 10.4 Å². The number of nitrogens with zero attached hydrogens (tertiary/aromatic N) is 1. The molecule has 2 N–H and O–H groups in total. The summed E-state index contributed by atoms with van der Waals surface area (Å²) in [6.45, 7) is 3.95. The van der Waals surface area contributed by atoms with Crippen LogP contribution in [0, 0.1) is 6.92 Å². The smallest absolute Gasteiger partial charge is 0.305 e. The molecule has 2 heterocycles. The third-order valence-corrected chi connectivity index (χ3v) is 3.95. The minimum atomic E-state index is -0.940. The van der Waals surface area contributed by atoms with E-state index in [4.69, 9.17) is 5.11 Å². The van der Waals surface area contributed by atoms with E-state index >= 15 is 0 Å². The summed E-state index contributed by atoms with van der Waals surface area (Å²) in [5.41, 5.74) is 0. The van der Waals surface area contributed by atoms with Gasteiger partial charge in [-0.1, -0.05) is 0 Å². The first-order valence-electron chi connectivity index (χ1n) is 5.85. The van der Waals surface area contributed by atoms with Crippen molar-refractivity contribution in [3.63, 3.8) is 0 Å². The van der Waals surface area contributed by atoms with E-state index in [9.17, 15) is 9.59 Å². The van der Waals surface area contributed by atoms with Crippen LogP contribution in [0.25, 0.3) is 0 Å². The molecular weight excluding hydrogens is 252 g/mol. The molecule has 6 heteroatoms. The van der Waals surface area contributed by atoms with Gasteiger partial charge in [0.1, 0.15) is 6.04 Å². The average molecular weight is 268 g/mol. The standard InChI is InChI=1S/C12H16N2O3S/c1-8-2-3-9(18-8)7-14-5-4-13-12(17)10(14)6-11(15)16/h2-3,10H,4-7H2,1H3,(H,13,17)(H,15,16). The van der Waals surface area contributed by atoms with Gasteiger partial charge in [0.15, 0.2) is 0 Å². The zero-order valence-corrected chi connectivity index (χ0v) is 11.0. The van der Waals surface area contributed by atoms with Crippen LogP contribution >= 0.6 is 11.3 Å². The Kier molecular flexibility index (Phi) is 3.98. The number of amides is 1. The first kappa shape index (κ1) is 13.0. The van der Waals surface area contributed by atoms with Crippen LogP contribution in [0.3, 0.4) is 0 Å². The number of hydrogen-bond acceptors (Lipinski definition) is 4. The van der Waals surface area contributed by atoms with Crippen molar-refractivity contribution in [1.29, 1.82) is 0 Å². The zero-order chi connectivity index (χ0) is 13.1. The van der Waals surface area contributed by atoms with Gasteiger partial charge >= 0.3 is 5.97 Å². The van der Waals surface area contributed by atoms with E-state index in [0.717, 1.165) is 4.88 Å². The van der Waals surface area contributed by atoms with Crippen LogP contribution in [0.5, 0.6) is 0 Å². The Morgan fingerprint density at radius 3 is 3.00 bits per heavy atom. The molecule has 1 unspecified atom stereocenters. The lowest BCUT2D eigenvalue weighted by molar-refractivity contribution is -0.143. The topological polar surface area (TPSA) is 69.6 Å². The SMILES string of the molecule is Cc1ccc(CN2CCNC(=O)C2CC(=O)O)s1. The second kappa shape index (κ2) is 5.49. The fraction of sp³-hybridized carbons (Fsp3) is 0.500. The van der Waals surface area contributed by atoms with Crippen molar-refractivity contribution >= 4 is 23.2 Å². The molecule has 0 saturated carbocycles. The largest absolute Gasteiger partial charge is 0.481 e. The highest BCUT2D eigenvalue weighted by Gasteiger charge is 2.31. The number of piperazine rings is 1. The Bertz CT molecular complexity index is 458. The number of aliphatic carboxylic acids is 1. The maximum atomic E-state index is 11.7. The monoisotopic (exact) mass is 268 g/mol. The molecule has 1 aliphatic rings. The Hall–Kier alpha value is -1.40. The quantitative estimate of drug-likeness (QED) is 0.848. The molecule has 18 heavy (non-hydrogen) atoms. The number of carboxylic acid groups (broad SMARTS) is 1. The minimum absolute atomic E-state index is 0.143. The molecule has 2 rings (SSSR count). The number of carbonyl (C=O) groups is 2. The summed E-state index contributed by atoms with van der Waals surface area (Å²) >= 11 is 1.68. The summed E-state index contributed by atoms with van der Waals surface area (Å²) in [5.74, 6) is -1.12. The van der Waals surface area contributed by atoms with Crippen LogP contribution in [0.4, 0.5) is 0 Å². The van der Waals surface area contributed by atoms with E-state index in [0.29, 0.717) is 19.6 Å². The fourth-order valence-corrected chi connectivity index (χ4v) is 3.03. The van der Waals surface area contributed by atoms with Gasteiger partial charge in [0.2, 0.25) is 5.91 Å². The van der Waals surface area contributed by atoms with Crippen molar-refractivity contribution in [2.45, 2.75) is 25.9 Å². The van der Waals surface area contributed by atoms with Gasteiger partial charge in [0, 0.05) is 29.4 Å². The van der Waals surface area contributed by atoms with Crippen LogP contribution in [-0.2, 0) is 16.1 Å². The molecule has 1 fully saturated rings. The second-order valence-electron chi connectivity index (χ2n) is 4.39. The molecule has 1 aromatic heterocycles. The van der Waals surface area contributed by atoms with Gasteiger partial charge in [0.05, 0.1) is 6.42 Å². The summed E-state index contributed by atoms with van der Waals surface area (Å²) in [6.07, 6.45) is -0.143. The van der Waals surface area contributed by atoms with Gasteiger partial charge in [0.25, 0.3) is 0 Å². The van der Waals surface area contributed by atoms with Gasteiger partial charge in [-0.3, -0.25) is 14.5 Å². The van der Waals surface area contributed by atoms with Gasteiger partial charge in [-0.25, -0.2) is 0 Å². The summed E-state index contributed by atoms with van der Waals surface area (Å²) in [7, 11) is 0. The molecular formula is C12H16N2O3S. The van der Waals surface area contributed by atoms with E-state index in [1.54, 1.807) is 11.3 Å². The number of rotatable bonds is 4. The average Bonchev–Trinajstić information content (AvgIpc) is 2.69. The minimum Gasteiger partial charge on any atom is -0.481 e. The molecule has 1 aliphatic heterocycles. The number of hydrogen-bond donors (Lipinski definition) is 2. The van der Waals surface area contributed by atoms with E-state index in [1.807, 2.05) is 24.0 Å². The Labute approximate surface area is 109 Å². The summed E-state index contributed by atoms with van der Waals surface area (Å²) in [6, 6.07) is 3.51. The molecule has 0 aromatic carbocycles. The van der Waals surface area contributed by atoms with E-state index in [2.05, 4.69) is 5.32 Å². The van der Waals surface area contributed by atoms with Crippen molar-refractivity contribution in [3.05, 3.63) is 21.9 Å². The normalized spacial score (nSPS) is 20.7. The first-order valence-corrected chi connectivity index (χ1v) is 6.67. The second-order valence-corrected chi connectivity index (χ2v) is 5.76. The zero-order valence-electron chi connectivity index (χ0n) is 10.2. The third-order valence-electron chi connectivity index (χ3n) is 2.96. The fourth-order valence-electron chi connectivity index (χ4n) is 2.11. The van der Waals surface area contributed by atoms with Crippen LogP contribution in [-0.4, -0.2) is 41.0 Å². The maximum Gasteiger partial charge on any atom is 0.305 e. The Balaban J connectivity index is 2.07. The first-order chi connectivity index (χ1) is 8.56. The lowest BCUT2D eigenvalue weighted by Crippen LogP contribution is -2.55. The third kappa shape index (κ3) is 3.08. The van der Waals surface area contributed by atoms with Crippen LogP contribution in [0.15, 0.2) is 12.1 Å². The van der Waals surface area contributed by atoms with E-state index in [1.165, 1.54) is 4.88 Å². The lowest BCUT2D eigenvalue weighted by atomic mass is 10.1. The van der Waals surface area contributed by atoms with Crippen LogP contribution in [0.1, 0.15) is 16.2 Å². The highest BCUT2D eigenvalue weighted by molar-refractivity contribution is 7.11. The van der Waals surface area contributed by atoms with Crippen molar-refractivity contribution in [3.8, 4) is 0 Å². The summed E-state index contributed by atoms with van der Waals surface area (Å²) in [4.78, 5) is 26.9. The van der Waals surface area contributed by atoms with Gasteiger partial charge in [-0.2, -0.15) is 0 Å². The number of carbonyl (C=O) groups excluding carboxylic acids is 1. The van der Waals surface area contributed by atoms with Gasteiger partial charge in [-0.15, -0.1) is 11.3 Å². The number of thiophene rings is 1. The molecule has 5 nitrogen and oxygen atoms in total. The van der Waals surface area contributed by atoms with Gasteiger partial charge in [-0.05, 0) is 19.1 Å². The predicted molar refractivity (Wildman–Crippen MR) is 68.5 cm³/mol. The molecule has 0 aliphatic carbocycles. The molecule has 98 valence electrons. The van der Waals surface area contributed by atoms with E-state index in [-0.39, 0.29) is 12.3 Å². The molecule has 1 atom stereocenters. The number of nitrogens with one attached hydrogen (secondary N) is 1. The molecule has 0 radical (unpaired) electrons. The summed E-state index contributed by atoms with van der Waals surface area (Å²) in [5, 5.41) is 11.6. The van der Waals surface area contributed by atoms with Crippen molar-refractivity contribution < 1.29 is 14.7 Å². The molecule has 1 aromatic rings. The molecule has 0 bridgehead atoms. The Morgan fingerprint density at radius 2 is 2.39 bits per heavy atom. The molecule has 0 spiro atoms.